The second-order valence-corrected chi connectivity index (χ2v) is 7.57. The van der Waals surface area contributed by atoms with Gasteiger partial charge in [-0.3, -0.25) is 14.8 Å². The van der Waals surface area contributed by atoms with Crippen LogP contribution in [0.5, 0.6) is 11.5 Å². The standard InChI is InChI=1S/C22H21ClN6O3/c1-24-21(30)19-11-16(7-8-25-19)32-15-4-5-18(17(23)10-15)28-22(31)27-14-3-6-20-13(9-14)12-26-29(20)2/h3-13,20H,1-2H3,(H,24,30)(H2,27,28,31). The van der Waals surface area contributed by atoms with Crippen molar-refractivity contribution in [3.8, 4) is 11.5 Å². The Morgan fingerprint density at radius 1 is 1.16 bits per heavy atom. The summed E-state index contributed by atoms with van der Waals surface area (Å²) in [6, 6.07) is 7.79. The summed E-state index contributed by atoms with van der Waals surface area (Å²) in [5.74, 6) is 0.689. The van der Waals surface area contributed by atoms with Crippen LogP contribution >= 0.6 is 11.6 Å². The van der Waals surface area contributed by atoms with Crippen LogP contribution in [0.3, 0.4) is 0 Å². The van der Waals surface area contributed by atoms with E-state index in [1.54, 1.807) is 24.3 Å². The minimum absolute atomic E-state index is 0.123. The van der Waals surface area contributed by atoms with Crippen LogP contribution in [-0.4, -0.2) is 48.3 Å². The molecule has 1 aromatic heterocycles. The number of carbonyl (C=O) groups is 2. The minimum atomic E-state index is -0.414. The van der Waals surface area contributed by atoms with E-state index in [1.165, 1.54) is 19.3 Å². The zero-order chi connectivity index (χ0) is 22.7. The Morgan fingerprint density at radius 2 is 1.97 bits per heavy atom. The number of carbonyl (C=O) groups excluding carboxylic acids is 2. The van der Waals surface area contributed by atoms with Crippen LogP contribution in [-0.2, 0) is 0 Å². The zero-order valence-electron chi connectivity index (χ0n) is 17.4. The molecule has 2 atom stereocenters. The molecule has 2 aromatic rings. The number of benzene rings is 1. The van der Waals surface area contributed by atoms with E-state index in [9.17, 15) is 9.59 Å². The van der Waals surface area contributed by atoms with Crippen LogP contribution in [0.2, 0.25) is 5.02 Å². The van der Waals surface area contributed by atoms with Gasteiger partial charge < -0.3 is 20.7 Å². The van der Waals surface area contributed by atoms with E-state index < -0.39 is 6.03 Å². The second-order valence-electron chi connectivity index (χ2n) is 7.17. The smallest absolute Gasteiger partial charge is 0.323 e. The predicted octanol–water partition coefficient (Wildman–Crippen LogP) is 3.38. The highest BCUT2D eigenvalue weighted by Gasteiger charge is 2.27. The SMILES string of the molecule is CNC(=O)c1cc(Oc2ccc(NC(=O)NC3=CC4C=NN(C)C4C=C3)c(Cl)c2)ccn1. The first-order valence-electron chi connectivity index (χ1n) is 9.83. The fraction of sp³-hybridized carbons (Fsp3) is 0.182. The lowest BCUT2D eigenvalue weighted by Crippen LogP contribution is -2.33. The number of hydrazone groups is 1. The van der Waals surface area contributed by atoms with Crippen LogP contribution in [0, 0.1) is 5.92 Å². The summed E-state index contributed by atoms with van der Waals surface area (Å²) in [4.78, 5) is 28.1. The van der Waals surface area contributed by atoms with E-state index in [2.05, 4.69) is 26.0 Å². The monoisotopic (exact) mass is 452 g/mol. The van der Waals surface area contributed by atoms with Crippen LogP contribution in [0.15, 0.2) is 65.6 Å². The van der Waals surface area contributed by atoms with E-state index in [0.29, 0.717) is 27.9 Å². The van der Waals surface area contributed by atoms with Crippen LogP contribution in [0.1, 0.15) is 10.5 Å². The fourth-order valence-electron chi connectivity index (χ4n) is 3.35. The molecule has 0 bridgehead atoms. The number of ether oxygens (including phenoxy) is 1. The van der Waals surface area contributed by atoms with Crippen LogP contribution in [0.4, 0.5) is 10.5 Å². The average Bonchev–Trinajstić information content (AvgIpc) is 3.15. The molecule has 0 radical (unpaired) electrons. The molecule has 2 unspecified atom stereocenters. The maximum atomic E-state index is 12.4. The number of pyridine rings is 1. The Morgan fingerprint density at radius 3 is 2.75 bits per heavy atom. The third-order valence-corrected chi connectivity index (χ3v) is 5.28. The highest BCUT2D eigenvalue weighted by atomic mass is 35.5. The molecule has 164 valence electrons. The first-order valence-corrected chi connectivity index (χ1v) is 10.2. The van der Waals surface area contributed by atoms with Crippen molar-refractivity contribution in [1.29, 1.82) is 0 Å². The van der Waals surface area contributed by atoms with E-state index >= 15 is 0 Å². The quantitative estimate of drug-likeness (QED) is 0.644. The van der Waals surface area contributed by atoms with Crippen molar-refractivity contribution in [3.63, 3.8) is 0 Å². The zero-order valence-corrected chi connectivity index (χ0v) is 18.1. The van der Waals surface area contributed by atoms with E-state index in [-0.39, 0.29) is 23.6 Å². The number of rotatable bonds is 5. The summed E-state index contributed by atoms with van der Waals surface area (Å²) in [5.41, 5.74) is 1.35. The Labute approximate surface area is 189 Å². The molecule has 9 nitrogen and oxygen atoms in total. The number of nitrogens with one attached hydrogen (secondary N) is 3. The number of halogens is 1. The van der Waals surface area contributed by atoms with Gasteiger partial charge in [0.1, 0.15) is 17.2 Å². The summed E-state index contributed by atoms with van der Waals surface area (Å²) >= 11 is 6.33. The topological polar surface area (TPSA) is 108 Å². The number of urea groups is 1. The van der Waals surface area contributed by atoms with Crippen molar-refractivity contribution in [2.45, 2.75) is 6.04 Å². The lowest BCUT2D eigenvalue weighted by Gasteiger charge is -2.23. The number of hydrogen-bond donors (Lipinski definition) is 3. The molecule has 4 rings (SSSR count). The average molecular weight is 453 g/mol. The minimum Gasteiger partial charge on any atom is -0.457 e. The summed E-state index contributed by atoms with van der Waals surface area (Å²) in [5, 5.41) is 14.5. The van der Waals surface area contributed by atoms with Crippen molar-refractivity contribution in [3.05, 3.63) is 71.2 Å². The lowest BCUT2D eigenvalue weighted by molar-refractivity contribution is 0.0958. The van der Waals surface area contributed by atoms with Gasteiger partial charge in [0.05, 0.1) is 16.8 Å². The van der Waals surface area contributed by atoms with Gasteiger partial charge in [0.15, 0.2) is 0 Å². The molecule has 1 aromatic carbocycles. The predicted molar refractivity (Wildman–Crippen MR) is 122 cm³/mol. The third-order valence-electron chi connectivity index (χ3n) is 4.97. The Balaban J connectivity index is 1.38. The molecular formula is C22H21ClN6O3. The highest BCUT2D eigenvalue weighted by Crippen LogP contribution is 2.30. The van der Waals surface area contributed by atoms with Gasteiger partial charge in [0.2, 0.25) is 0 Å². The third kappa shape index (κ3) is 4.73. The number of likely N-dealkylation sites (N-methyl/N-ethyl adjacent to an activating group) is 1. The normalized spacial score (nSPS) is 18.6. The van der Waals surface area contributed by atoms with Gasteiger partial charge in [-0.1, -0.05) is 17.7 Å². The molecule has 3 N–H and O–H groups in total. The maximum Gasteiger partial charge on any atom is 0.323 e. The van der Waals surface area contributed by atoms with Crippen molar-refractivity contribution < 1.29 is 14.3 Å². The molecule has 32 heavy (non-hydrogen) atoms. The first kappa shape index (κ1) is 21.4. The molecular weight excluding hydrogens is 432 g/mol. The molecule has 3 amide bonds. The number of aromatic nitrogens is 1. The van der Waals surface area contributed by atoms with Gasteiger partial charge in [0, 0.05) is 50.3 Å². The number of amides is 3. The Kier molecular flexibility index (Phi) is 6.09. The molecule has 1 aliphatic carbocycles. The molecule has 1 aliphatic heterocycles. The molecule has 0 saturated carbocycles. The van der Waals surface area contributed by atoms with E-state index in [4.69, 9.17) is 16.3 Å². The summed E-state index contributed by atoms with van der Waals surface area (Å²) < 4.78 is 5.76. The molecule has 0 fully saturated rings. The lowest BCUT2D eigenvalue weighted by atomic mass is 9.96. The number of anilines is 1. The number of allylic oxidation sites excluding steroid dienone is 1. The number of hydrogen-bond acceptors (Lipinski definition) is 6. The highest BCUT2D eigenvalue weighted by molar-refractivity contribution is 6.33. The molecule has 0 spiro atoms. The van der Waals surface area contributed by atoms with Gasteiger partial charge in [0.25, 0.3) is 5.91 Å². The van der Waals surface area contributed by atoms with E-state index in [1.807, 2.05) is 36.5 Å². The molecule has 2 heterocycles. The Hall–Kier alpha value is -3.85. The van der Waals surface area contributed by atoms with Crippen LogP contribution < -0.4 is 20.7 Å². The maximum absolute atomic E-state index is 12.4. The summed E-state index contributed by atoms with van der Waals surface area (Å²) in [6.07, 6.45) is 9.14. The second kappa shape index (κ2) is 9.11. The van der Waals surface area contributed by atoms with Crippen molar-refractivity contribution >= 4 is 35.4 Å². The van der Waals surface area contributed by atoms with Gasteiger partial charge >= 0.3 is 6.03 Å². The van der Waals surface area contributed by atoms with Gasteiger partial charge in [-0.2, -0.15) is 5.10 Å². The summed E-state index contributed by atoms with van der Waals surface area (Å²) in [6.45, 7) is 0. The number of fused-ring (bicyclic) bond motifs is 1. The fourth-order valence-corrected chi connectivity index (χ4v) is 3.57. The molecule has 0 saturated heterocycles. The van der Waals surface area contributed by atoms with Crippen molar-refractivity contribution in [2.24, 2.45) is 11.0 Å². The first-order chi connectivity index (χ1) is 15.4. The van der Waals surface area contributed by atoms with Gasteiger partial charge in [-0.05, 0) is 30.4 Å². The largest absolute Gasteiger partial charge is 0.457 e. The number of nitrogens with zero attached hydrogens (tertiary/aromatic N) is 3. The molecule has 10 heteroatoms. The van der Waals surface area contributed by atoms with Crippen molar-refractivity contribution in [2.75, 3.05) is 19.4 Å². The van der Waals surface area contributed by atoms with Crippen molar-refractivity contribution in [1.82, 2.24) is 20.6 Å². The van der Waals surface area contributed by atoms with E-state index in [0.717, 1.165) is 0 Å². The van der Waals surface area contributed by atoms with Crippen LogP contribution in [0.25, 0.3) is 0 Å². The summed E-state index contributed by atoms with van der Waals surface area (Å²) in [7, 11) is 3.44. The van der Waals surface area contributed by atoms with Gasteiger partial charge in [-0.15, -0.1) is 0 Å². The van der Waals surface area contributed by atoms with Gasteiger partial charge in [-0.25, -0.2) is 4.79 Å². The Bertz CT molecular complexity index is 1150. The molecule has 2 aliphatic rings.